The summed E-state index contributed by atoms with van der Waals surface area (Å²) in [6, 6.07) is 0.613. The average molecular weight is 224 g/mol. The van der Waals surface area contributed by atoms with Crippen LogP contribution in [0.4, 0.5) is 0 Å². The van der Waals surface area contributed by atoms with Gasteiger partial charge in [0.2, 0.25) is 0 Å². The summed E-state index contributed by atoms with van der Waals surface area (Å²) in [6.45, 7) is 3.93. The first-order chi connectivity index (χ1) is 7.38. The molecule has 15 heavy (non-hydrogen) atoms. The van der Waals surface area contributed by atoms with Gasteiger partial charge in [-0.05, 0) is 6.42 Å². The first-order valence-corrected chi connectivity index (χ1v) is 6.26. The second-order valence-electron chi connectivity index (χ2n) is 3.55. The van der Waals surface area contributed by atoms with Gasteiger partial charge in [0.15, 0.2) is 5.17 Å². The van der Waals surface area contributed by atoms with Crippen molar-refractivity contribution in [3.63, 3.8) is 0 Å². The van der Waals surface area contributed by atoms with Crippen molar-refractivity contribution >= 4 is 16.9 Å². The molecule has 1 aromatic rings. The molecule has 0 aliphatic carbocycles. The summed E-state index contributed by atoms with van der Waals surface area (Å²) in [4.78, 5) is 8.51. The van der Waals surface area contributed by atoms with E-state index in [1.165, 1.54) is 6.42 Å². The maximum Gasteiger partial charge on any atom is 0.156 e. The zero-order valence-electron chi connectivity index (χ0n) is 8.89. The van der Waals surface area contributed by atoms with E-state index in [-0.39, 0.29) is 0 Å². The van der Waals surface area contributed by atoms with Crippen molar-refractivity contribution < 1.29 is 0 Å². The van der Waals surface area contributed by atoms with Gasteiger partial charge in [-0.2, -0.15) is 0 Å². The van der Waals surface area contributed by atoms with Gasteiger partial charge in [0.05, 0.1) is 12.9 Å². The minimum absolute atomic E-state index is 0.613. The lowest BCUT2D eigenvalue weighted by Crippen LogP contribution is -2.26. The lowest BCUT2D eigenvalue weighted by molar-refractivity contribution is 0.662. The highest BCUT2D eigenvalue weighted by Crippen LogP contribution is 2.15. The predicted octanol–water partition coefficient (Wildman–Crippen LogP) is 1.35. The number of amidine groups is 1. The number of aromatic nitrogens is 2. The minimum Gasteiger partial charge on any atom is -0.361 e. The van der Waals surface area contributed by atoms with E-state index in [2.05, 4.69) is 22.2 Å². The Bertz CT molecular complexity index is 320. The summed E-state index contributed by atoms with van der Waals surface area (Å²) < 4.78 is 2.04. The van der Waals surface area contributed by atoms with Gasteiger partial charge in [0.25, 0.3) is 0 Å². The second-order valence-corrected chi connectivity index (χ2v) is 4.56. The lowest BCUT2D eigenvalue weighted by atomic mass is 10.3. The molecule has 2 rings (SSSR count). The van der Waals surface area contributed by atoms with Gasteiger partial charge >= 0.3 is 0 Å². The van der Waals surface area contributed by atoms with Crippen LogP contribution >= 0.6 is 11.8 Å². The van der Waals surface area contributed by atoms with E-state index in [1.807, 2.05) is 28.9 Å². The molecule has 1 aliphatic heterocycles. The molecule has 1 aliphatic rings. The Kier molecular flexibility index (Phi) is 3.66. The van der Waals surface area contributed by atoms with Crippen LogP contribution in [0.15, 0.2) is 23.7 Å². The van der Waals surface area contributed by atoms with Gasteiger partial charge in [-0.1, -0.05) is 18.7 Å². The number of imidazole rings is 1. The van der Waals surface area contributed by atoms with Gasteiger partial charge in [-0.3, -0.25) is 4.99 Å². The van der Waals surface area contributed by atoms with E-state index in [9.17, 15) is 0 Å². The van der Waals surface area contributed by atoms with Crippen molar-refractivity contribution in [3.8, 4) is 0 Å². The average Bonchev–Trinajstić information content (AvgIpc) is 2.88. The van der Waals surface area contributed by atoms with Crippen LogP contribution in [0.2, 0.25) is 0 Å². The third-order valence-electron chi connectivity index (χ3n) is 2.41. The van der Waals surface area contributed by atoms with E-state index in [0.29, 0.717) is 6.04 Å². The maximum absolute atomic E-state index is 4.52. The molecule has 1 saturated heterocycles. The number of nitrogens with one attached hydrogen (secondary N) is 1. The van der Waals surface area contributed by atoms with E-state index >= 15 is 0 Å². The molecule has 2 heterocycles. The van der Waals surface area contributed by atoms with Crippen LogP contribution in [0.25, 0.3) is 0 Å². The summed E-state index contributed by atoms with van der Waals surface area (Å²) in [5.41, 5.74) is 0. The predicted molar refractivity (Wildman–Crippen MR) is 64.2 cm³/mol. The Balaban J connectivity index is 1.75. The molecule has 0 amide bonds. The van der Waals surface area contributed by atoms with Crippen LogP contribution in [0.1, 0.15) is 13.3 Å². The zero-order valence-corrected chi connectivity index (χ0v) is 9.70. The molecule has 0 radical (unpaired) electrons. The van der Waals surface area contributed by atoms with Gasteiger partial charge in [-0.15, -0.1) is 0 Å². The van der Waals surface area contributed by atoms with Gasteiger partial charge in [0.1, 0.15) is 0 Å². The van der Waals surface area contributed by atoms with E-state index < -0.39 is 0 Å². The molecular formula is C10H16N4S. The fourth-order valence-electron chi connectivity index (χ4n) is 1.43. The van der Waals surface area contributed by atoms with Crippen LogP contribution in [-0.4, -0.2) is 33.1 Å². The van der Waals surface area contributed by atoms with Crippen molar-refractivity contribution in [2.24, 2.45) is 4.99 Å². The fourth-order valence-corrected chi connectivity index (χ4v) is 2.55. The summed E-state index contributed by atoms with van der Waals surface area (Å²) in [5.74, 6) is 1.15. The molecular weight excluding hydrogens is 208 g/mol. The Morgan fingerprint density at radius 3 is 3.33 bits per heavy atom. The highest BCUT2D eigenvalue weighted by Gasteiger charge is 2.17. The van der Waals surface area contributed by atoms with Gasteiger partial charge in [0, 0.05) is 30.7 Å². The Morgan fingerprint density at radius 1 is 1.73 bits per heavy atom. The third-order valence-corrected chi connectivity index (χ3v) is 3.50. The normalized spacial score (nSPS) is 23.3. The molecule has 0 bridgehead atoms. The largest absolute Gasteiger partial charge is 0.361 e. The summed E-state index contributed by atoms with van der Waals surface area (Å²) in [7, 11) is 0. The zero-order chi connectivity index (χ0) is 10.5. The molecule has 1 aromatic heterocycles. The molecule has 1 fully saturated rings. The maximum atomic E-state index is 4.52. The summed E-state index contributed by atoms with van der Waals surface area (Å²) in [6.07, 6.45) is 6.75. The van der Waals surface area contributed by atoms with Crippen LogP contribution in [0.5, 0.6) is 0 Å². The van der Waals surface area contributed by atoms with Crippen LogP contribution in [0, 0.1) is 0 Å². The minimum atomic E-state index is 0.613. The molecule has 0 saturated carbocycles. The van der Waals surface area contributed by atoms with E-state index in [1.54, 1.807) is 6.20 Å². The smallest absolute Gasteiger partial charge is 0.156 e. The monoisotopic (exact) mass is 224 g/mol. The van der Waals surface area contributed by atoms with Crippen LogP contribution in [-0.2, 0) is 6.54 Å². The number of hydrogen-bond acceptors (Lipinski definition) is 3. The van der Waals surface area contributed by atoms with Crippen molar-refractivity contribution in [2.75, 3.05) is 12.3 Å². The number of aliphatic imine (C=N–C) groups is 1. The SMILES string of the molecule is CCC1CSC(=NCCn2ccnc2)N1. The first-order valence-electron chi connectivity index (χ1n) is 5.28. The van der Waals surface area contributed by atoms with Crippen molar-refractivity contribution in [2.45, 2.75) is 25.9 Å². The molecule has 1 N–H and O–H groups in total. The quantitative estimate of drug-likeness (QED) is 0.839. The lowest BCUT2D eigenvalue weighted by Gasteiger charge is -2.04. The molecule has 1 unspecified atom stereocenters. The Morgan fingerprint density at radius 2 is 2.67 bits per heavy atom. The highest BCUT2D eigenvalue weighted by molar-refractivity contribution is 8.14. The topological polar surface area (TPSA) is 42.2 Å². The van der Waals surface area contributed by atoms with Gasteiger partial charge < -0.3 is 9.88 Å². The number of thioether (sulfide) groups is 1. The van der Waals surface area contributed by atoms with E-state index in [4.69, 9.17) is 0 Å². The molecule has 0 spiro atoms. The van der Waals surface area contributed by atoms with Gasteiger partial charge in [-0.25, -0.2) is 4.98 Å². The molecule has 82 valence electrons. The number of nitrogens with zero attached hydrogens (tertiary/aromatic N) is 3. The molecule has 5 heteroatoms. The number of rotatable bonds is 4. The summed E-state index contributed by atoms with van der Waals surface area (Å²) >= 11 is 1.83. The summed E-state index contributed by atoms with van der Waals surface area (Å²) in [5, 5.41) is 4.51. The second kappa shape index (κ2) is 5.21. The van der Waals surface area contributed by atoms with Crippen molar-refractivity contribution in [1.29, 1.82) is 0 Å². The molecule has 1 atom stereocenters. The number of hydrogen-bond donors (Lipinski definition) is 1. The fraction of sp³-hybridized carbons (Fsp3) is 0.600. The van der Waals surface area contributed by atoms with E-state index in [0.717, 1.165) is 24.0 Å². The first kappa shape index (κ1) is 10.5. The third kappa shape index (κ3) is 2.99. The van der Waals surface area contributed by atoms with Crippen molar-refractivity contribution in [3.05, 3.63) is 18.7 Å². The van der Waals surface area contributed by atoms with Crippen LogP contribution < -0.4 is 5.32 Å². The Hall–Kier alpha value is -0.970. The molecule has 0 aromatic carbocycles. The van der Waals surface area contributed by atoms with Crippen LogP contribution in [0.3, 0.4) is 0 Å². The highest BCUT2D eigenvalue weighted by atomic mass is 32.2. The molecule has 4 nitrogen and oxygen atoms in total. The Labute approximate surface area is 94.2 Å². The standard InChI is InChI=1S/C10H16N4S/c1-2-9-7-15-10(13-9)12-4-6-14-5-3-11-8-14/h3,5,8-9H,2,4,6-7H2,1H3,(H,12,13). The van der Waals surface area contributed by atoms with Crippen molar-refractivity contribution in [1.82, 2.24) is 14.9 Å².